The zero-order valence-electron chi connectivity index (χ0n) is 16.4. The van der Waals surface area contributed by atoms with E-state index in [9.17, 15) is 9.59 Å². The Morgan fingerprint density at radius 2 is 1.90 bits per heavy atom. The van der Waals surface area contributed by atoms with Crippen LogP contribution in [-0.2, 0) is 22.4 Å². The molecule has 0 fully saturated rings. The number of thioether (sulfide) groups is 1. The van der Waals surface area contributed by atoms with Crippen molar-refractivity contribution in [2.75, 3.05) is 18.2 Å². The monoisotopic (exact) mass is 457 g/mol. The Balaban J connectivity index is 1.51. The van der Waals surface area contributed by atoms with Gasteiger partial charge in [-0.2, -0.15) is 0 Å². The van der Waals surface area contributed by atoms with Crippen LogP contribution in [0.15, 0.2) is 53.4 Å². The van der Waals surface area contributed by atoms with Crippen molar-refractivity contribution in [1.29, 1.82) is 0 Å². The lowest BCUT2D eigenvalue weighted by Crippen LogP contribution is -2.15. The molecule has 154 valence electrons. The van der Waals surface area contributed by atoms with Gasteiger partial charge in [0.15, 0.2) is 0 Å². The molecule has 0 bridgehead atoms. The molecule has 30 heavy (non-hydrogen) atoms. The molecule has 1 N–H and O–H groups in total. The van der Waals surface area contributed by atoms with Gasteiger partial charge < -0.3 is 10.1 Å². The number of nitrogens with one attached hydrogen (secondary N) is 1. The van der Waals surface area contributed by atoms with Crippen LogP contribution in [0.25, 0.3) is 10.4 Å². The van der Waals surface area contributed by atoms with Gasteiger partial charge in [0, 0.05) is 27.0 Å². The highest BCUT2D eigenvalue weighted by Gasteiger charge is 2.29. The summed E-state index contributed by atoms with van der Waals surface area (Å²) in [5, 5.41) is 4.22. The summed E-state index contributed by atoms with van der Waals surface area (Å²) in [5.41, 5.74) is 3.86. The van der Waals surface area contributed by atoms with Gasteiger partial charge in [-0.1, -0.05) is 35.9 Å². The van der Waals surface area contributed by atoms with Crippen LogP contribution in [0.1, 0.15) is 27.9 Å². The van der Waals surface area contributed by atoms with E-state index in [-0.39, 0.29) is 5.91 Å². The third-order valence-corrected chi connectivity index (χ3v) is 7.41. The highest BCUT2D eigenvalue weighted by molar-refractivity contribution is 7.99. The van der Waals surface area contributed by atoms with Gasteiger partial charge in [0.25, 0.3) is 0 Å². The molecule has 1 aromatic heterocycles. The second-order valence-corrected chi connectivity index (χ2v) is 9.49. The summed E-state index contributed by atoms with van der Waals surface area (Å²) < 4.78 is 5.02. The van der Waals surface area contributed by atoms with Gasteiger partial charge in [-0.15, -0.1) is 23.1 Å². The highest BCUT2D eigenvalue weighted by atomic mass is 35.5. The second-order valence-electron chi connectivity index (χ2n) is 6.86. The molecule has 4 rings (SSSR count). The van der Waals surface area contributed by atoms with Crippen molar-refractivity contribution < 1.29 is 14.3 Å². The number of benzene rings is 2. The molecule has 0 radical (unpaired) electrons. The molecule has 2 aromatic carbocycles. The fourth-order valence-corrected chi connectivity index (χ4v) is 5.82. The van der Waals surface area contributed by atoms with Crippen LogP contribution in [0.2, 0.25) is 5.02 Å². The first-order valence-corrected chi connectivity index (χ1v) is 11.8. The van der Waals surface area contributed by atoms with Crippen LogP contribution in [0, 0.1) is 0 Å². The van der Waals surface area contributed by atoms with Crippen molar-refractivity contribution in [3.05, 3.63) is 70.2 Å². The van der Waals surface area contributed by atoms with E-state index in [1.54, 1.807) is 11.8 Å². The molecule has 1 heterocycles. The summed E-state index contributed by atoms with van der Waals surface area (Å²) in [6.07, 6.45) is 1.97. The van der Waals surface area contributed by atoms with E-state index in [1.165, 1.54) is 24.0 Å². The van der Waals surface area contributed by atoms with Crippen LogP contribution < -0.4 is 5.32 Å². The number of methoxy groups -OCH3 is 1. The largest absolute Gasteiger partial charge is 0.465 e. The number of hydrogen-bond donors (Lipinski definition) is 1. The first-order valence-electron chi connectivity index (χ1n) is 9.57. The van der Waals surface area contributed by atoms with Gasteiger partial charge in [0.2, 0.25) is 5.91 Å². The molecule has 1 amide bonds. The summed E-state index contributed by atoms with van der Waals surface area (Å²) in [4.78, 5) is 27.2. The third-order valence-electron chi connectivity index (χ3n) is 4.97. The van der Waals surface area contributed by atoms with E-state index in [1.807, 2.05) is 36.4 Å². The molecule has 4 nitrogen and oxygen atoms in total. The number of carbonyl (C=O) groups excluding carboxylic acids is 2. The Labute approximate surface area is 188 Å². The van der Waals surface area contributed by atoms with Crippen LogP contribution >= 0.6 is 34.7 Å². The Kier molecular flexibility index (Phi) is 6.46. The topological polar surface area (TPSA) is 55.4 Å². The lowest BCUT2D eigenvalue weighted by molar-refractivity contribution is -0.115. The number of hydrogen-bond acceptors (Lipinski definition) is 5. The summed E-state index contributed by atoms with van der Waals surface area (Å²) in [6.45, 7) is 0. The van der Waals surface area contributed by atoms with Gasteiger partial charge >= 0.3 is 5.97 Å². The lowest BCUT2D eigenvalue weighted by Gasteiger charge is -2.16. The van der Waals surface area contributed by atoms with E-state index in [0.29, 0.717) is 27.8 Å². The van der Waals surface area contributed by atoms with Gasteiger partial charge in [0.05, 0.1) is 12.7 Å². The lowest BCUT2D eigenvalue weighted by atomic mass is 9.89. The van der Waals surface area contributed by atoms with Crippen molar-refractivity contribution in [2.24, 2.45) is 0 Å². The normalized spacial score (nSPS) is 12.1. The maximum Gasteiger partial charge on any atom is 0.341 e. The number of amides is 1. The number of ether oxygens (including phenoxy) is 1. The van der Waals surface area contributed by atoms with Crippen LogP contribution in [0.4, 0.5) is 5.00 Å². The number of fused-ring (bicyclic) bond motifs is 3. The fourth-order valence-electron chi connectivity index (χ4n) is 3.53. The van der Waals surface area contributed by atoms with Gasteiger partial charge in [-0.3, -0.25) is 4.79 Å². The molecule has 0 saturated heterocycles. The van der Waals surface area contributed by atoms with E-state index < -0.39 is 5.97 Å². The smallest absolute Gasteiger partial charge is 0.341 e. The number of anilines is 1. The number of esters is 1. The molecule has 0 unspecified atom stereocenters. The SMILES string of the molecule is COC(=O)c1c(NC(=O)CCSc2ccc(Cl)cc2)sc2c1CCc1ccccc1-2. The van der Waals surface area contributed by atoms with Crippen LogP contribution in [0.3, 0.4) is 0 Å². The molecule has 0 saturated carbocycles. The molecule has 1 aliphatic carbocycles. The minimum absolute atomic E-state index is 0.117. The molecular weight excluding hydrogens is 438 g/mol. The summed E-state index contributed by atoms with van der Waals surface area (Å²) in [5.74, 6) is 0.112. The quantitative estimate of drug-likeness (QED) is 0.360. The zero-order valence-corrected chi connectivity index (χ0v) is 18.8. The van der Waals surface area contributed by atoms with E-state index in [4.69, 9.17) is 16.3 Å². The van der Waals surface area contributed by atoms with Crippen molar-refractivity contribution in [2.45, 2.75) is 24.2 Å². The van der Waals surface area contributed by atoms with Gasteiger partial charge in [-0.05, 0) is 53.8 Å². The Bertz CT molecular complexity index is 1090. The Hall–Kier alpha value is -2.28. The van der Waals surface area contributed by atoms with Crippen molar-refractivity contribution >= 4 is 51.6 Å². The molecule has 0 atom stereocenters. The average Bonchev–Trinajstić information content (AvgIpc) is 3.13. The minimum atomic E-state index is -0.405. The average molecular weight is 458 g/mol. The Morgan fingerprint density at radius 3 is 2.67 bits per heavy atom. The molecule has 0 aliphatic heterocycles. The summed E-state index contributed by atoms with van der Waals surface area (Å²) in [7, 11) is 1.37. The maximum atomic E-state index is 12.6. The zero-order chi connectivity index (χ0) is 21.1. The minimum Gasteiger partial charge on any atom is -0.465 e. The summed E-state index contributed by atoms with van der Waals surface area (Å²) in [6, 6.07) is 15.7. The number of aryl methyl sites for hydroxylation is 1. The van der Waals surface area contributed by atoms with Crippen LogP contribution in [-0.4, -0.2) is 24.7 Å². The number of thiophene rings is 1. The fraction of sp³-hybridized carbons (Fsp3) is 0.217. The second kappa shape index (κ2) is 9.25. The Morgan fingerprint density at radius 1 is 1.13 bits per heavy atom. The maximum absolute atomic E-state index is 12.6. The molecule has 0 spiro atoms. The van der Waals surface area contributed by atoms with Crippen molar-refractivity contribution in [1.82, 2.24) is 0 Å². The van der Waals surface area contributed by atoms with Crippen LogP contribution in [0.5, 0.6) is 0 Å². The number of halogens is 1. The van der Waals surface area contributed by atoms with Crippen molar-refractivity contribution in [3.63, 3.8) is 0 Å². The van der Waals surface area contributed by atoms with Crippen molar-refractivity contribution in [3.8, 4) is 10.4 Å². The van der Waals surface area contributed by atoms with E-state index in [2.05, 4.69) is 17.4 Å². The summed E-state index contributed by atoms with van der Waals surface area (Å²) >= 11 is 8.95. The van der Waals surface area contributed by atoms with E-state index >= 15 is 0 Å². The number of carbonyl (C=O) groups is 2. The number of rotatable bonds is 6. The third kappa shape index (κ3) is 4.41. The standard InChI is InChI=1S/C23H20ClNO3S2/c1-28-23(27)20-18-11-6-14-4-2-3-5-17(14)21(18)30-22(20)25-19(26)12-13-29-16-9-7-15(24)8-10-16/h2-5,7-10H,6,11-13H2,1H3,(H,25,26). The molecule has 7 heteroatoms. The molecule has 1 aliphatic rings. The van der Waals surface area contributed by atoms with Gasteiger partial charge in [0.1, 0.15) is 5.00 Å². The molecular formula is C23H20ClNO3S2. The van der Waals surface area contributed by atoms with Gasteiger partial charge in [-0.25, -0.2) is 4.79 Å². The predicted octanol–water partition coefficient (Wildman–Crippen LogP) is 6.07. The first-order chi connectivity index (χ1) is 14.6. The first kappa shape index (κ1) is 21.0. The highest BCUT2D eigenvalue weighted by Crippen LogP contribution is 2.45. The predicted molar refractivity (Wildman–Crippen MR) is 124 cm³/mol. The molecule has 3 aromatic rings. The van der Waals surface area contributed by atoms with E-state index in [0.717, 1.165) is 33.7 Å².